The zero-order valence-corrected chi connectivity index (χ0v) is 19.9. The number of nitrogens with one attached hydrogen (secondary N) is 3. The largest absolute Gasteiger partial charge is 0.495 e. The van der Waals surface area contributed by atoms with Crippen LogP contribution in [0.1, 0.15) is 0 Å². The predicted octanol–water partition coefficient (Wildman–Crippen LogP) is 5.90. The van der Waals surface area contributed by atoms with Gasteiger partial charge in [-0.25, -0.2) is 0 Å². The van der Waals surface area contributed by atoms with Gasteiger partial charge >= 0.3 is 0 Å². The minimum Gasteiger partial charge on any atom is -0.495 e. The number of thiocarbonyl (C=S) groups is 1. The van der Waals surface area contributed by atoms with Gasteiger partial charge in [0.1, 0.15) is 11.5 Å². The number of anilines is 3. The van der Waals surface area contributed by atoms with Crippen molar-refractivity contribution >= 4 is 63.7 Å². The first-order valence-corrected chi connectivity index (χ1v) is 11.3. The maximum atomic E-state index is 12.3. The average Bonchev–Trinajstić information content (AvgIpc) is 2.78. The number of methoxy groups -OCH3 is 2. The van der Waals surface area contributed by atoms with E-state index in [1.165, 1.54) is 11.8 Å². The second-order valence-electron chi connectivity index (χ2n) is 6.49. The van der Waals surface area contributed by atoms with Crippen LogP contribution in [0.2, 0.25) is 5.02 Å². The number of carbonyl (C=O) groups is 1. The van der Waals surface area contributed by atoms with Crippen LogP contribution >= 0.6 is 35.6 Å². The molecule has 0 unspecified atom stereocenters. The number of hydrogen-bond donors (Lipinski definition) is 3. The van der Waals surface area contributed by atoms with Crippen molar-refractivity contribution in [3.63, 3.8) is 0 Å². The van der Waals surface area contributed by atoms with Crippen LogP contribution in [0.5, 0.6) is 11.5 Å². The van der Waals surface area contributed by atoms with Crippen molar-refractivity contribution in [3.8, 4) is 11.5 Å². The van der Waals surface area contributed by atoms with Crippen LogP contribution in [0, 0.1) is 0 Å². The van der Waals surface area contributed by atoms with Crippen LogP contribution < -0.4 is 25.4 Å². The van der Waals surface area contributed by atoms with Gasteiger partial charge in [-0.05, 0) is 60.7 Å². The minimum atomic E-state index is -0.136. The molecule has 3 N–H and O–H groups in total. The molecule has 32 heavy (non-hydrogen) atoms. The molecule has 0 saturated carbocycles. The van der Waals surface area contributed by atoms with E-state index in [2.05, 4.69) is 16.0 Å². The topological polar surface area (TPSA) is 71.6 Å². The molecular formula is C23H22ClN3O3S2. The van der Waals surface area contributed by atoms with Gasteiger partial charge in [0.05, 0.1) is 30.7 Å². The molecule has 0 spiro atoms. The van der Waals surface area contributed by atoms with Gasteiger partial charge in [0.25, 0.3) is 0 Å². The van der Waals surface area contributed by atoms with Crippen LogP contribution in [-0.2, 0) is 4.79 Å². The molecule has 0 heterocycles. The van der Waals surface area contributed by atoms with Crippen molar-refractivity contribution in [2.24, 2.45) is 0 Å². The summed E-state index contributed by atoms with van der Waals surface area (Å²) >= 11 is 12.9. The first-order chi connectivity index (χ1) is 15.5. The maximum Gasteiger partial charge on any atom is 0.234 e. The highest BCUT2D eigenvalue weighted by Crippen LogP contribution is 2.28. The van der Waals surface area contributed by atoms with E-state index in [1.54, 1.807) is 32.4 Å². The number of thioether (sulfide) groups is 1. The number of carbonyl (C=O) groups excluding carboxylic acids is 1. The fraction of sp³-hybridized carbons (Fsp3) is 0.130. The first-order valence-electron chi connectivity index (χ1n) is 9.56. The lowest BCUT2D eigenvalue weighted by Crippen LogP contribution is -2.19. The van der Waals surface area contributed by atoms with Gasteiger partial charge in [-0.3, -0.25) is 4.79 Å². The normalized spacial score (nSPS) is 10.2. The summed E-state index contributed by atoms with van der Waals surface area (Å²) in [6.45, 7) is 0. The van der Waals surface area contributed by atoms with Gasteiger partial charge < -0.3 is 25.4 Å². The summed E-state index contributed by atoms with van der Waals surface area (Å²) in [5.41, 5.74) is 2.20. The van der Waals surface area contributed by atoms with Crippen molar-refractivity contribution in [2.45, 2.75) is 4.90 Å². The monoisotopic (exact) mass is 487 g/mol. The fourth-order valence-electron chi connectivity index (χ4n) is 2.79. The Balaban J connectivity index is 1.53. The number of rotatable bonds is 8. The van der Waals surface area contributed by atoms with Crippen LogP contribution in [0.4, 0.5) is 17.1 Å². The predicted molar refractivity (Wildman–Crippen MR) is 137 cm³/mol. The van der Waals surface area contributed by atoms with E-state index in [4.69, 9.17) is 33.3 Å². The van der Waals surface area contributed by atoms with Gasteiger partial charge in [-0.2, -0.15) is 0 Å². The quantitative estimate of drug-likeness (QED) is 0.270. The van der Waals surface area contributed by atoms with E-state index in [9.17, 15) is 4.79 Å². The molecule has 0 aliphatic heterocycles. The Bertz CT molecular complexity index is 1110. The third-order valence-corrected chi connectivity index (χ3v) is 5.75. The van der Waals surface area contributed by atoms with E-state index >= 15 is 0 Å². The molecule has 9 heteroatoms. The first kappa shape index (κ1) is 23.7. The molecule has 0 fully saturated rings. The Morgan fingerprint density at radius 2 is 1.66 bits per heavy atom. The Morgan fingerprint density at radius 1 is 0.906 bits per heavy atom. The number of amides is 1. The van der Waals surface area contributed by atoms with Crippen molar-refractivity contribution in [1.82, 2.24) is 0 Å². The molecule has 3 aromatic carbocycles. The number of ether oxygens (including phenoxy) is 2. The Labute approximate surface area is 201 Å². The summed E-state index contributed by atoms with van der Waals surface area (Å²) in [5, 5.41) is 9.98. The van der Waals surface area contributed by atoms with Crippen LogP contribution in [0.25, 0.3) is 0 Å². The molecule has 0 bridgehead atoms. The average molecular weight is 488 g/mol. The summed E-state index contributed by atoms with van der Waals surface area (Å²) in [6.07, 6.45) is 0. The molecule has 0 radical (unpaired) electrons. The van der Waals surface area contributed by atoms with E-state index in [0.29, 0.717) is 27.3 Å². The highest BCUT2D eigenvalue weighted by Gasteiger charge is 2.08. The summed E-state index contributed by atoms with van der Waals surface area (Å²) in [7, 11) is 3.15. The van der Waals surface area contributed by atoms with Crippen LogP contribution in [-0.4, -0.2) is 31.0 Å². The molecule has 0 aromatic heterocycles. The third kappa shape index (κ3) is 6.78. The summed E-state index contributed by atoms with van der Waals surface area (Å²) < 4.78 is 10.4. The van der Waals surface area contributed by atoms with Crippen molar-refractivity contribution in [1.29, 1.82) is 0 Å². The molecule has 3 aromatic rings. The lowest BCUT2D eigenvalue weighted by Gasteiger charge is -2.14. The smallest absolute Gasteiger partial charge is 0.234 e. The summed E-state index contributed by atoms with van der Waals surface area (Å²) in [6, 6.07) is 20.3. The van der Waals surface area contributed by atoms with E-state index in [1.807, 2.05) is 48.5 Å². The Kier molecular flexibility index (Phi) is 8.61. The van der Waals surface area contributed by atoms with Crippen molar-refractivity contribution in [3.05, 3.63) is 71.8 Å². The zero-order chi connectivity index (χ0) is 22.9. The van der Waals surface area contributed by atoms with E-state index < -0.39 is 0 Å². The van der Waals surface area contributed by atoms with Crippen molar-refractivity contribution < 1.29 is 14.3 Å². The summed E-state index contributed by atoms with van der Waals surface area (Å²) in [5.74, 6) is 1.37. The zero-order valence-electron chi connectivity index (χ0n) is 17.5. The molecule has 3 rings (SSSR count). The van der Waals surface area contributed by atoms with Crippen LogP contribution in [0.15, 0.2) is 71.6 Å². The van der Waals surface area contributed by atoms with E-state index in [-0.39, 0.29) is 11.7 Å². The Morgan fingerprint density at radius 3 is 2.41 bits per heavy atom. The van der Waals surface area contributed by atoms with Gasteiger partial charge in [0.2, 0.25) is 5.91 Å². The van der Waals surface area contributed by atoms with Gasteiger partial charge in [-0.15, -0.1) is 11.8 Å². The van der Waals surface area contributed by atoms with Crippen LogP contribution in [0.3, 0.4) is 0 Å². The third-order valence-electron chi connectivity index (χ3n) is 4.25. The highest BCUT2D eigenvalue weighted by molar-refractivity contribution is 8.00. The fourth-order valence-corrected chi connectivity index (χ4v) is 4.03. The molecule has 6 nitrogen and oxygen atoms in total. The molecule has 0 aliphatic rings. The van der Waals surface area contributed by atoms with Gasteiger partial charge in [-0.1, -0.05) is 29.8 Å². The lowest BCUT2D eigenvalue weighted by molar-refractivity contribution is -0.113. The maximum absolute atomic E-state index is 12.3. The lowest BCUT2D eigenvalue weighted by atomic mass is 10.3. The number of halogens is 1. The standard InChI is InChI=1S/C23H22ClN3O3S2/c1-29-20-11-10-16(13-18(20)24)25-22(28)14-32-17-7-5-6-15(12-17)26-23(31)27-19-8-3-4-9-21(19)30-2/h3-13H,14H2,1-2H3,(H,25,28)(H2,26,27,31). The van der Waals surface area contributed by atoms with E-state index in [0.717, 1.165) is 16.3 Å². The second-order valence-corrected chi connectivity index (χ2v) is 8.36. The van der Waals surface area contributed by atoms with Crippen molar-refractivity contribution in [2.75, 3.05) is 35.9 Å². The molecule has 166 valence electrons. The number of hydrogen-bond acceptors (Lipinski definition) is 5. The molecule has 0 saturated heterocycles. The van der Waals surface area contributed by atoms with Gasteiger partial charge in [0, 0.05) is 16.3 Å². The minimum absolute atomic E-state index is 0.136. The second kappa shape index (κ2) is 11.6. The molecule has 0 atom stereocenters. The molecule has 0 aliphatic carbocycles. The number of benzene rings is 3. The summed E-state index contributed by atoms with van der Waals surface area (Å²) in [4.78, 5) is 13.2. The van der Waals surface area contributed by atoms with Gasteiger partial charge in [0.15, 0.2) is 5.11 Å². The SMILES string of the molecule is COc1ccc(NC(=O)CSc2cccc(NC(=S)Nc3ccccc3OC)c2)cc1Cl. The molecule has 1 amide bonds. The highest BCUT2D eigenvalue weighted by atomic mass is 35.5. The Hall–Kier alpha value is -2.94. The molecular weight excluding hydrogens is 466 g/mol. The number of para-hydroxylation sites is 2.